The molecule has 1 fully saturated rings. The summed E-state index contributed by atoms with van der Waals surface area (Å²) in [5.74, 6) is 0. The molecule has 1 saturated heterocycles. The largest absolute Gasteiger partial charge is 0.339 e. The van der Waals surface area contributed by atoms with E-state index in [2.05, 4.69) is 77.7 Å². The van der Waals surface area contributed by atoms with Crippen LogP contribution in [0.4, 0.5) is 0 Å². The van der Waals surface area contributed by atoms with Gasteiger partial charge in [-0.05, 0) is 56.4 Å². The zero-order valence-corrected chi connectivity index (χ0v) is 16.4. The van der Waals surface area contributed by atoms with Crippen molar-refractivity contribution in [1.29, 1.82) is 0 Å². The summed E-state index contributed by atoms with van der Waals surface area (Å²) in [7, 11) is 0. The fourth-order valence-corrected chi connectivity index (χ4v) is 2.90. The first-order chi connectivity index (χ1) is 11.5. The second kappa shape index (κ2) is 5.93. The maximum atomic E-state index is 6.27. The Balaban J connectivity index is 2.08. The molecule has 1 aromatic heterocycles. The maximum absolute atomic E-state index is 6.27. The number of nitrogens with zero attached hydrogens (tertiary/aromatic N) is 1. The summed E-state index contributed by atoms with van der Waals surface area (Å²) in [5, 5.41) is 0. The van der Waals surface area contributed by atoms with Crippen molar-refractivity contribution >= 4 is 0 Å². The van der Waals surface area contributed by atoms with Gasteiger partial charge in [-0.1, -0.05) is 39.0 Å². The van der Waals surface area contributed by atoms with Crippen LogP contribution in [-0.4, -0.2) is 16.2 Å². The van der Waals surface area contributed by atoms with E-state index in [1.54, 1.807) is 6.20 Å². The normalized spacial score (nSPS) is 20.0. The smallest absolute Gasteiger partial charge is 0.185 e. The molecular formula is C22H29NO2. The average molecular weight is 339 g/mol. The van der Waals surface area contributed by atoms with Gasteiger partial charge in [-0.15, -0.1) is 0 Å². The first-order valence-electron chi connectivity index (χ1n) is 8.91. The van der Waals surface area contributed by atoms with Crippen LogP contribution in [0.15, 0.2) is 42.7 Å². The molecular weight excluding hydrogens is 310 g/mol. The predicted octanol–water partition coefficient (Wildman–Crippen LogP) is 5.65. The van der Waals surface area contributed by atoms with Crippen LogP contribution in [0.25, 0.3) is 11.1 Å². The van der Waals surface area contributed by atoms with Gasteiger partial charge in [0.1, 0.15) is 0 Å². The predicted molar refractivity (Wildman–Crippen MR) is 101 cm³/mol. The van der Waals surface area contributed by atoms with Gasteiger partial charge < -0.3 is 9.47 Å². The third-order valence-electron chi connectivity index (χ3n) is 5.34. The molecule has 0 radical (unpaired) electrons. The quantitative estimate of drug-likeness (QED) is 0.708. The molecule has 0 saturated carbocycles. The topological polar surface area (TPSA) is 31.4 Å². The molecule has 0 N–H and O–H groups in total. The van der Waals surface area contributed by atoms with Gasteiger partial charge in [0.2, 0.25) is 0 Å². The van der Waals surface area contributed by atoms with Crippen LogP contribution in [0.5, 0.6) is 0 Å². The van der Waals surface area contributed by atoms with Gasteiger partial charge in [0.05, 0.1) is 11.2 Å². The van der Waals surface area contributed by atoms with Crippen molar-refractivity contribution in [3.8, 4) is 11.1 Å². The molecule has 1 aromatic carbocycles. The Bertz CT molecular complexity index is 741. The van der Waals surface area contributed by atoms with Crippen LogP contribution in [-0.2, 0) is 14.9 Å². The van der Waals surface area contributed by atoms with E-state index >= 15 is 0 Å². The first kappa shape index (κ1) is 18.1. The number of benzene rings is 1. The highest BCUT2D eigenvalue weighted by Gasteiger charge is 2.49. The Morgan fingerprint density at radius 2 is 1.56 bits per heavy atom. The highest BCUT2D eigenvalue weighted by Crippen LogP contribution is 2.45. The number of aromatic nitrogens is 1. The lowest BCUT2D eigenvalue weighted by atomic mass is 9.84. The molecule has 3 nitrogen and oxygen atoms in total. The van der Waals surface area contributed by atoms with E-state index in [0.29, 0.717) is 0 Å². The summed E-state index contributed by atoms with van der Waals surface area (Å²) in [5.41, 5.74) is 3.92. The summed E-state index contributed by atoms with van der Waals surface area (Å²) >= 11 is 0. The van der Waals surface area contributed by atoms with Crippen LogP contribution >= 0.6 is 0 Å². The summed E-state index contributed by atoms with van der Waals surface area (Å²) in [6.45, 7) is 15.0. The molecule has 0 atom stereocenters. The van der Waals surface area contributed by atoms with Crippen molar-refractivity contribution in [2.24, 2.45) is 0 Å². The van der Waals surface area contributed by atoms with Crippen LogP contribution in [0.2, 0.25) is 0 Å². The number of hydrogen-bond acceptors (Lipinski definition) is 3. The standard InChI is InChI=1S/C22H29NO2/c1-20(2,3)18-12-16(15-9-8-10-23-14-15)11-17(13-18)19-24-21(4,5)22(6,7)25-19/h8-14,19H,1-7H3. The summed E-state index contributed by atoms with van der Waals surface area (Å²) < 4.78 is 12.5. The minimum atomic E-state index is -0.359. The minimum absolute atomic E-state index is 0.0383. The zero-order valence-electron chi connectivity index (χ0n) is 16.4. The summed E-state index contributed by atoms with van der Waals surface area (Å²) in [6.07, 6.45) is 3.34. The fraction of sp³-hybridized carbons (Fsp3) is 0.500. The van der Waals surface area contributed by atoms with Crippen molar-refractivity contribution in [1.82, 2.24) is 4.98 Å². The lowest BCUT2D eigenvalue weighted by molar-refractivity contribution is -0.0896. The Hall–Kier alpha value is -1.71. The van der Waals surface area contributed by atoms with Crippen molar-refractivity contribution in [2.75, 3.05) is 0 Å². The highest BCUT2D eigenvalue weighted by molar-refractivity contribution is 5.65. The monoisotopic (exact) mass is 339 g/mol. The lowest BCUT2D eigenvalue weighted by Crippen LogP contribution is -2.41. The van der Waals surface area contributed by atoms with E-state index in [1.165, 1.54) is 5.56 Å². The molecule has 0 unspecified atom stereocenters. The van der Waals surface area contributed by atoms with Crippen molar-refractivity contribution in [3.63, 3.8) is 0 Å². The SMILES string of the molecule is CC(C)(C)c1cc(-c2cccnc2)cc(C2OC(C)(C)C(C)(C)O2)c1. The van der Waals surface area contributed by atoms with E-state index in [9.17, 15) is 0 Å². The van der Waals surface area contributed by atoms with Gasteiger partial charge >= 0.3 is 0 Å². The third kappa shape index (κ3) is 3.49. The number of rotatable bonds is 2. The molecule has 3 heteroatoms. The van der Waals surface area contributed by atoms with Crippen molar-refractivity contribution in [2.45, 2.75) is 71.4 Å². The van der Waals surface area contributed by atoms with Crippen LogP contribution < -0.4 is 0 Å². The van der Waals surface area contributed by atoms with Gasteiger partial charge in [-0.2, -0.15) is 0 Å². The average Bonchev–Trinajstić information content (AvgIpc) is 2.75. The minimum Gasteiger partial charge on any atom is -0.339 e. The van der Waals surface area contributed by atoms with E-state index in [4.69, 9.17) is 9.47 Å². The molecule has 3 rings (SSSR count). The van der Waals surface area contributed by atoms with Gasteiger partial charge in [0.25, 0.3) is 0 Å². The molecule has 2 aromatic rings. The molecule has 0 spiro atoms. The number of ether oxygens (including phenoxy) is 2. The van der Waals surface area contributed by atoms with E-state index < -0.39 is 0 Å². The second-order valence-corrected chi connectivity index (χ2v) is 8.92. The number of hydrogen-bond donors (Lipinski definition) is 0. The van der Waals surface area contributed by atoms with Crippen LogP contribution in [0, 0.1) is 0 Å². The molecule has 1 aliphatic rings. The molecule has 2 heterocycles. The molecule has 0 amide bonds. The van der Waals surface area contributed by atoms with Crippen molar-refractivity contribution < 1.29 is 9.47 Å². The molecule has 0 bridgehead atoms. The van der Waals surface area contributed by atoms with Gasteiger partial charge in [0, 0.05) is 23.5 Å². The Morgan fingerprint density at radius 3 is 2.08 bits per heavy atom. The molecule has 134 valence electrons. The lowest BCUT2D eigenvalue weighted by Gasteiger charge is -2.30. The Morgan fingerprint density at radius 1 is 0.920 bits per heavy atom. The van der Waals surface area contributed by atoms with E-state index in [-0.39, 0.29) is 22.9 Å². The molecule has 0 aliphatic carbocycles. The Labute approximate surface area is 151 Å². The van der Waals surface area contributed by atoms with Crippen LogP contribution in [0.1, 0.15) is 65.9 Å². The van der Waals surface area contributed by atoms with Crippen LogP contribution in [0.3, 0.4) is 0 Å². The third-order valence-corrected chi connectivity index (χ3v) is 5.34. The number of pyridine rings is 1. The molecule has 25 heavy (non-hydrogen) atoms. The fourth-order valence-electron chi connectivity index (χ4n) is 2.90. The second-order valence-electron chi connectivity index (χ2n) is 8.92. The van der Waals surface area contributed by atoms with Gasteiger partial charge in [-0.25, -0.2) is 0 Å². The van der Waals surface area contributed by atoms with E-state index in [1.807, 2.05) is 12.3 Å². The maximum Gasteiger partial charge on any atom is 0.185 e. The van der Waals surface area contributed by atoms with E-state index in [0.717, 1.165) is 16.7 Å². The van der Waals surface area contributed by atoms with Crippen molar-refractivity contribution in [3.05, 3.63) is 53.9 Å². The van der Waals surface area contributed by atoms with Gasteiger partial charge in [0.15, 0.2) is 6.29 Å². The summed E-state index contributed by atoms with van der Waals surface area (Å²) in [4.78, 5) is 4.26. The van der Waals surface area contributed by atoms with Gasteiger partial charge in [-0.3, -0.25) is 4.98 Å². The highest BCUT2D eigenvalue weighted by atomic mass is 16.7. The Kier molecular flexibility index (Phi) is 4.29. The molecule has 1 aliphatic heterocycles. The first-order valence-corrected chi connectivity index (χ1v) is 8.91. The summed E-state index contributed by atoms with van der Waals surface area (Å²) in [6, 6.07) is 10.7. The zero-order chi connectivity index (χ0) is 18.5.